The smallest absolute Gasteiger partial charge is 0.275 e. The Morgan fingerprint density at radius 1 is 1.07 bits per heavy atom. The number of H-pyrrole nitrogens is 1. The first-order valence-corrected chi connectivity index (χ1v) is 8.66. The van der Waals surface area contributed by atoms with Crippen LogP contribution in [0.25, 0.3) is 0 Å². The van der Waals surface area contributed by atoms with Gasteiger partial charge in [-0.3, -0.25) is 4.79 Å². The Bertz CT molecular complexity index is 952. The third kappa shape index (κ3) is 3.69. The summed E-state index contributed by atoms with van der Waals surface area (Å²) >= 11 is 0. The van der Waals surface area contributed by atoms with Crippen LogP contribution in [-0.4, -0.2) is 28.1 Å². The van der Waals surface area contributed by atoms with Gasteiger partial charge in [-0.2, -0.15) is 5.21 Å². The van der Waals surface area contributed by atoms with Crippen LogP contribution in [0.5, 0.6) is 11.5 Å². The molecule has 0 unspecified atom stereocenters. The lowest BCUT2D eigenvalue weighted by Crippen LogP contribution is -2.24. The van der Waals surface area contributed by atoms with Crippen molar-refractivity contribution in [2.75, 3.05) is 12.1 Å². The third-order valence-corrected chi connectivity index (χ3v) is 4.28. The maximum absolute atomic E-state index is 12.5. The van der Waals surface area contributed by atoms with E-state index in [9.17, 15) is 4.79 Å². The first kappa shape index (κ1) is 16.9. The fraction of sp³-hybridized carbons (Fsp3) is 0.211. The fourth-order valence-corrected chi connectivity index (χ4v) is 2.75. The summed E-state index contributed by atoms with van der Waals surface area (Å²) in [5.74, 6) is 1.44. The fourth-order valence-electron chi connectivity index (χ4n) is 2.75. The molecule has 8 nitrogen and oxygen atoms in total. The van der Waals surface area contributed by atoms with Crippen LogP contribution in [0.3, 0.4) is 0 Å². The lowest BCUT2D eigenvalue weighted by molar-refractivity contribution is 0.0946. The summed E-state index contributed by atoms with van der Waals surface area (Å²) in [6.45, 7) is 2.66. The number of hydrogen-bond acceptors (Lipinski definition) is 6. The summed E-state index contributed by atoms with van der Waals surface area (Å²) in [5, 5.41) is 16.4. The molecule has 1 aliphatic heterocycles. The van der Waals surface area contributed by atoms with Crippen molar-refractivity contribution >= 4 is 17.4 Å². The summed E-state index contributed by atoms with van der Waals surface area (Å²) in [7, 11) is 0. The minimum atomic E-state index is -0.325. The highest BCUT2D eigenvalue weighted by Gasteiger charge is 2.18. The number of nitrogens with one attached hydrogen (secondary N) is 3. The molecule has 0 radical (unpaired) electrons. The Kier molecular flexibility index (Phi) is 4.61. The van der Waals surface area contributed by atoms with Crippen LogP contribution in [-0.2, 0) is 13.0 Å². The Morgan fingerprint density at radius 3 is 2.67 bits per heavy atom. The van der Waals surface area contributed by atoms with Crippen LogP contribution in [0.2, 0.25) is 0 Å². The number of amides is 1. The molecule has 1 amide bonds. The Hall–Kier alpha value is -3.55. The molecule has 0 saturated carbocycles. The highest BCUT2D eigenvalue weighted by Crippen LogP contribution is 2.32. The van der Waals surface area contributed by atoms with Gasteiger partial charge in [-0.25, -0.2) is 0 Å². The van der Waals surface area contributed by atoms with E-state index in [0.717, 1.165) is 17.7 Å². The van der Waals surface area contributed by atoms with Gasteiger partial charge in [0, 0.05) is 12.2 Å². The lowest BCUT2D eigenvalue weighted by atomic mass is 10.1. The number of nitrogens with zero attached hydrogens (tertiary/aromatic N) is 2. The lowest BCUT2D eigenvalue weighted by Gasteiger charge is -2.07. The minimum absolute atomic E-state index is 0.204. The van der Waals surface area contributed by atoms with Crippen LogP contribution in [0, 0.1) is 0 Å². The largest absolute Gasteiger partial charge is 0.454 e. The Morgan fingerprint density at radius 2 is 1.85 bits per heavy atom. The summed E-state index contributed by atoms with van der Waals surface area (Å²) < 4.78 is 10.6. The second-order valence-corrected chi connectivity index (χ2v) is 6.07. The molecule has 138 valence electrons. The van der Waals surface area contributed by atoms with E-state index in [1.54, 1.807) is 0 Å². The zero-order chi connectivity index (χ0) is 18.6. The molecule has 0 bridgehead atoms. The molecule has 3 aromatic rings. The van der Waals surface area contributed by atoms with Gasteiger partial charge in [0.1, 0.15) is 0 Å². The number of rotatable bonds is 6. The molecule has 27 heavy (non-hydrogen) atoms. The van der Waals surface area contributed by atoms with Crippen molar-refractivity contribution in [3.63, 3.8) is 0 Å². The minimum Gasteiger partial charge on any atom is -0.454 e. The number of benzene rings is 2. The van der Waals surface area contributed by atoms with Gasteiger partial charge in [-0.05, 0) is 41.8 Å². The van der Waals surface area contributed by atoms with Gasteiger partial charge >= 0.3 is 0 Å². The Labute approximate surface area is 155 Å². The summed E-state index contributed by atoms with van der Waals surface area (Å²) in [6.07, 6.45) is 0.970. The van der Waals surface area contributed by atoms with Crippen molar-refractivity contribution in [1.29, 1.82) is 0 Å². The number of ether oxygens (including phenoxy) is 2. The van der Waals surface area contributed by atoms with Crippen molar-refractivity contribution in [3.05, 3.63) is 59.3 Å². The standard InChI is InChI=1S/C19H19N5O3/c1-2-12-3-6-14(7-4-12)21-18-17(22-24-23-18)19(25)20-10-13-5-8-15-16(9-13)27-11-26-15/h3-9H,2,10-11H2,1H3,(H,20,25)(H2,21,22,23,24). The number of aromatic nitrogens is 3. The molecule has 0 saturated heterocycles. The summed E-state index contributed by atoms with van der Waals surface area (Å²) in [4.78, 5) is 12.5. The maximum Gasteiger partial charge on any atom is 0.275 e. The molecular weight excluding hydrogens is 346 g/mol. The normalized spacial score (nSPS) is 12.0. The predicted octanol–water partition coefficient (Wildman–Crippen LogP) is 2.77. The van der Waals surface area contributed by atoms with Crippen molar-refractivity contribution in [3.8, 4) is 11.5 Å². The number of hydrogen-bond donors (Lipinski definition) is 3. The summed E-state index contributed by atoms with van der Waals surface area (Å²) in [5.41, 5.74) is 3.18. The van der Waals surface area contributed by atoms with Crippen molar-refractivity contribution in [1.82, 2.24) is 20.7 Å². The van der Waals surface area contributed by atoms with E-state index < -0.39 is 0 Å². The van der Waals surface area contributed by atoms with Crippen molar-refractivity contribution in [2.24, 2.45) is 0 Å². The van der Waals surface area contributed by atoms with Gasteiger partial charge in [0.25, 0.3) is 5.91 Å². The van der Waals surface area contributed by atoms with Crippen molar-refractivity contribution in [2.45, 2.75) is 19.9 Å². The second kappa shape index (κ2) is 7.36. The molecule has 3 N–H and O–H groups in total. The number of aromatic amines is 1. The number of carbonyl (C=O) groups is 1. The monoisotopic (exact) mass is 365 g/mol. The van der Waals surface area contributed by atoms with E-state index in [-0.39, 0.29) is 18.4 Å². The highest BCUT2D eigenvalue weighted by molar-refractivity contribution is 5.97. The van der Waals surface area contributed by atoms with E-state index in [0.29, 0.717) is 23.9 Å². The molecule has 4 rings (SSSR count). The molecule has 0 atom stereocenters. The molecule has 0 spiro atoms. The average Bonchev–Trinajstić information content (AvgIpc) is 3.35. The molecule has 0 fully saturated rings. The molecule has 1 aromatic heterocycles. The topological polar surface area (TPSA) is 101 Å². The van der Waals surface area contributed by atoms with Gasteiger partial charge in [-0.15, -0.1) is 10.2 Å². The zero-order valence-corrected chi connectivity index (χ0v) is 14.8. The van der Waals surface area contributed by atoms with Crippen LogP contribution in [0.1, 0.15) is 28.5 Å². The van der Waals surface area contributed by atoms with Crippen LogP contribution >= 0.6 is 0 Å². The molecule has 2 heterocycles. The number of fused-ring (bicyclic) bond motifs is 1. The quantitative estimate of drug-likeness (QED) is 0.621. The summed E-state index contributed by atoms with van der Waals surface area (Å²) in [6, 6.07) is 13.5. The van der Waals surface area contributed by atoms with E-state index in [1.165, 1.54) is 5.56 Å². The van der Waals surface area contributed by atoms with Gasteiger partial charge in [0.2, 0.25) is 6.79 Å². The molecular formula is C19H19N5O3. The number of aryl methyl sites for hydroxylation is 1. The average molecular weight is 365 g/mol. The van der Waals surface area contributed by atoms with E-state index >= 15 is 0 Å². The van der Waals surface area contributed by atoms with Crippen LogP contribution in [0.15, 0.2) is 42.5 Å². The third-order valence-electron chi connectivity index (χ3n) is 4.28. The molecule has 8 heteroatoms. The van der Waals surface area contributed by atoms with E-state index in [4.69, 9.17) is 9.47 Å². The highest BCUT2D eigenvalue weighted by atomic mass is 16.7. The molecule has 1 aliphatic rings. The zero-order valence-electron chi connectivity index (χ0n) is 14.8. The SMILES string of the molecule is CCc1ccc(Nc2n[nH]nc2C(=O)NCc2ccc3c(c2)OCO3)cc1. The van der Waals surface area contributed by atoms with Gasteiger partial charge in [0.15, 0.2) is 23.0 Å². The van der Waals surface area contributed by atoms with Gasteiger partial charge in [-0.1, -0.05) is 25.1 Å². The van der Waals surface area contributed by atoms with E-state index in [2.05, 4.69) is 33.0 Å². The molecule has 0 aliphatic carbocycles. The van der Waals surface area contributed by atoms with E-state index in [1.807, 2.05) is 42.5 Å². The first-order chi connectivity index (χ1) is 13.2. The van der Waals surface area contributed by atoms with Crippen LogP contribution in [0.4, 0.5) is 11.5 Å². The van der Waals surface area contributed by atoms with Gasteiger partial charge in [0.05, 0.1) is 0 Å². The molecule has 2 aromatic carbocycles. The Balaban J connectivity index is 1.41. The second-order valence-electron chi connectivity index (χ2n) is 6.07. The predicted molar refractivity (Wildman–Crippen MR) is 99.2 cm³/mol. The number of anilines is 2. The van der Waals surface area contributed by atoms with Gasteiger partial charge < -0.3 is 20.1 Å². The van der Waals surface area contributed by atoms with Crippen LogP contribution < -0.4 is 20.1 Å². The van der Waals surface area contributed by atoms with Crippen molar-refractivity contribution < 1.29 is 14.3 Å². The first-order valence-electron chi connectivity index (χ1n) is 8.66. The maximum atomic E-state index is 12.5. The number of carbonyl (C=O) groups excluding carboxylic acids is 1.